The van der Waals surface area contributed by atoms with E-state index in [0.717, 1.165) is 0 Å². The maximum absolute atomic E-state index is 9.51. The fourth-order valence-electron chi connectivity index (χ4n) is 1.34. The van der Waals surface area contributed by atoms with Gasteiger partial charge in [0.2, 0.25) is 0 Å². The van der Waals surface area contributed by atoms with Gasteiger partial charge in [0, 0.05) is 21.3 Å². The first-order valence-corrected chi connectivity index (χ1v) is 3.76. The van der Waals surface area contributed by atoms with Crippen molar-refractivity contribution in [3.63, 3.8) is 0 Å². The molecule has 0 aliphatic carbocycles. The first-order valence-electron chi connectivity index (χ1n) is 5.89. The van der Waals surface area contributed by atoms with Crippen LogP contribution in [0.3, 0.4) is 0 Å². The molecule has 1 saturated heterocycles. The average molecular weight is 195 g/mol. The van der Waals surface area contributed by atoms with Gasteiger partial charge in [0.05, 0.1) is 10.7 Å². The van der Waals surface area contributed by atoms with E-state index in [-0.39, 0.29) is 27.9 Å². The van der Waals surface area contributed by atoms with E-state index in [1.807, 2.05) is 0 Å². The first kappa shape index (κ1) is 7.14. The molecule has 5 heteroatoms. The molecule has 1 aliphatic heterocycles. The summed E-state index contributed by atoms with van der Waals surface area (Å²) < 4.78 is 40.8. The van der Waals surface area contributed by atoms with Gasteiger partial charge in [0.25, 0.3) is 0 Å². The molecule has 1 fully saturated rings. The minimum Gasteiger partial charge on any atom is -0.382 e. The third-order valence-corrected chi connectivity index (χ3v) is 1.95. The summed E-state index contributed by atoms with van der Waals surface area (Å²) in [6.45, 7) is 0.0864. The molecule has 0 aromatic heterocycles. The second-order valence-electron chi connectivity index (χ2n) is 2.70. The average Bonchev–Trinajstić information content (AvgIpc) is 2.55. The predicted molar refractivity (Wildman–Crippen MR) is 44.3 cm³/mol. The Kier molecular flexibility index (Phi) is 2.68. The second kappa shape index (κ2) is 4.88. The molecule has 0 bridgehead atoms. The fourth-order valence-corrected chi connectivity index (χ4v) is 1.34. The van der Waals surface area contributed by atoms with E-state index in [1.54, 1.807) is 0 Å². The maximum atomic E-state index is 9.51. The Morgan fingerprint density at radius 2 is 2.08 bits per heavy atom. The molecule has 0 saturated carbocycles. The van der Waals surface area contributed by atoms with Gasteiger partial charge in [-0.25, -0.2) is 0 Å². The van der Waals surface area contributed by atoms with Gasteiger partial charge in [-0.3, -0.25) is 0 Å². The van der Waals surface area contributed by atoms with Gasteiger partial charge in [-0.15, -0.1) is 0 Å². The Morgan fingerprint density at radius 3 is 2.77 bits per heavy atom. The lowest BCUT2D eigenvalue weighted by molar-refractivity contribution is -0.141. The lowest BCUT2D eigenvalue weighted by Crippen LogP contribution is -2.37. The van der Waals surface area contributed by atoms with E-state index < -0.39 is 24.6 Å². The molecule has 1 aliphatic rings. The van der Waals surface area contributed by atoms with Gasteiger partial charge in [-0.1, -0.05) is 0 Å². The van der Waals surface area contributed by atoms with Crippen LogP contribution in [-0.4, -0.2) is 57.6 Å². The molecule has 1 heterocycles. The second-order valence-corrected chi connectivity index (χ2v) is 2.70. The van der Waals surface area contributed by atoms with Gasteiger partial charge in [-0.2, -0.15) is 0 Å². The van der Waals surface area contributed by atoms with E-state index in [0.29, 0.717) is 0 Å². The van der Waals surface area contributed by atoms with Crippen LogP contribution in [0.15, 0.2) is 0 Å². The number of aliphatic hydroxyl groups excluding tert-OH is 1. The lowest BCUT2D eigenvalue weighted by Gasteiger charge is -2.19. The molecule has 78 valence electrons. The summed E-state index contributed by atoms with van der Waals surface area (Å²) in [5, 5.41) is 9.51. The highest BCUT2D eigenvalue weighted by Gasteiger charge is 2.44. The van der Waals surface area contributed by atoms with Crippen molar-refractivity contribution in [1.82, 2.24) is 0 Å². The Morgan fingerprint density at radius 1 is 1.31 bits per heavy atom. The molecule has 0 amide bonds. The molecule has 1 unspecified atom stereocenters. The predicted octanol–water partition coefficient (Wildman–Crippen LogP) is -0.620. The Hall–Kier alpha value is -0.200. The Labute approximate surface area is 81.8 Å². The summed E-state index contributed by atoms with van der Waals surface area (Å²) in [6.07, 6.45) is -3.21. The quantitative estimate of drug-likeness (QED) is 0.648. The molecular weight excluding hydrogens is 176 g/mol. The smallest absolute Gasteiger partial charge is 0.184 e. The van der Waals surface area contributed by atoms with Crippen molar-refractivity contribution in [2.24, 2.45) is 0 Å². The van der Waals surface area contributed by atoms with Gasteiger partial charge >= 0.3 is 0 Å². The summed E-state index contributed by atoms with van der Waals surface area (Å²) >= 11 is 0. The zero-order valence-corrected chi connectivity index (χ0v) is 7.22. The highest BCUT2D eigenvalue weighted by Crippen LogP contribution is 2.24. The molecule has 0 radical (unpaired) electrons. The van der Waals surface area contributed by atoms with Crippen molar-refractivity contribution in [2.45, 2.75) is 24.6 Å². The van der Waals surface area contributed by atoms with Crippen molar-refractivity contribution in [1.29, 1.82) is 0 Å². The van der Waals surface area contributed by atoms with Crippen LogP contribution in [0, 0.1) is 0 Å². The molecular formula is C8H16O5. The minimum absolute atomic E-state index is 0.0864. The van der Waals surface area contributed by atoms with E-state index in [1.165, 1.54) is 0 Å². The highest BCUT2D eigenvalue weighted by molar-refractivity contribution is 4.88. The molecule has 0 aromatic rings. The largest absolute Gasteiger partial charge is 0.382 e. The molecule has 0 aromatic carbocycles. The number of aliphatic hydroxyl groups is 1. The van der Waals surface area contributed by atoms with Crippen LogP contribution >= 0.6 is 0 Å². The number of methoxy groups -OCH3 is 3. The highest BCUT2D eigenvalue weighted by atomic mass is 16.7. The van der Waals surface area contributed by atoms with E-state index in [2.05, 4.69) is 0 Å². The lowest BCUT2D eigenvalue weighted by atomic mass is 10.1. The van der Waals surface area contributed by atoms with E-state index in [9.17, 15) is 5.11 Å². The summed E-state index contributed by atoms with van der Waals surface area (Å²) in [6, 6.07) is 0. The van der Waals surface area contributed by atoms with Crippen molar-refractivity contribution < 1.29 is 28.2 Å². The molecule has 13 heavy (non-hydrogen) atoms. The standard InChI is InChI=1S/C8H16O5/c1-10-4-5-6(11-2)7(12-3)8(9)13-5/h5-9H,4H2,1-3H3/t5-,6-,7+,8?/m1/s1/i1D,2D,3D. The van der Waals surface area contributed by atoms with Gasteiger partial charge < -0.3 is 24.1 Å². The topological polar surface area (TPSA) is 57.2 Å². The van der Waals surface area contributed by atoms with Crippen LogP contribution in [-0.2, 0) is 18.9 Å². The Balaban J connectivity index is 2.56. The first-order chi connectivity index (χ1) is 7.74. The van der Waals surface area contributed by atoms with Gasteiger partial charge in [-0.05, 0) is 0 Å². The molecule has 5 nitrogen and oxygen atoms in total. The van der Waals surface area contributed by atoms with Crippen LogP contribution in [0.5, 0.6) is 0 Å². The molecule has 4 atom stereocenters. The van der Waals surface area contributed by atoms with E-state index >= 15 is 0 Å². The van der Waals surface area contributed by atoms with Crippen molar-refractivity contribution in [3.8, 4) is 0 Å². The summed E-state index contributed by atoms with van der Waals surface area (Å²) in [7, 11) is -0.835. The summed E-state index contributed by atoms with van der Waals surface area (Å²) in [4.78, 5) is 0. The van der Waals surface area contributed by atoms with Crippen molar-refractivity contribution in [3.05, 3.63) is 0 Å². The van der Waals surface area contributed by atoms with Crippen LogP contribution in [0.25, 0.3) is 0 Å². The third-order valence-electron chi connectivity index (χ3n) is 1.95. The number of hydrogen-bond acceptors (Lipinski definition) is 5. The third kappa shape index (κ3) is 2.18. The molecule has 1 N–H and O–H groups in total. The minimum atomic E-state index is -1.19. The van der Waals surface area contributed by atoms with Gasteiger partial charge in [0.1, 0.15) is 18.3 Å². The molecule has 1 rings (SSSR count). The summed E-state index contributed by atoms with van der Waals surface area (Å²) in [5.74, 6) is 0. The van der Waals surface area contributed by atoms with E-state index in [4.69, 9.17) is 23.1 Å². The Bertz CT molecular complexity index is 197. The monoisotopic (exact) mass is 195 g/mol. The number of rotatable bonds is 4. The zero-order valence-electron chi connectivity index (χ0n) is 10.2. The number of hydrogen-bond donors (Lipinski definition) is 1. The fraction of sp³-hybridized carbons (Fsp3) is 1.00. The normalized spacial score (nSPS) is 42.7. The molecule has 0 spiro atoms. The van der Waals surface area contributed by atoms with Crippen LogP contribution < -0.4 is 0 Å². The van der Waals surface area contributed by atoms with Crippen LogP contribution in [0.4, 0.5) is 0 Å². The van der Waals surface area contributed by atoms with Gasteiger partial charge in [0.15, 0.2) is 6.29 Å². The number of ether oxygens (including phenoxy) is 4. The van der Waals surface area contributed by atoms with Crippen LogP contribution in [0.2, 0.25) is 0 Å². The van der Waals surface area contributed by atoms with Crippen molar-refractivity contribution in [2.75, 3.05) is 27.9 Å². The maximum Gasteiger partial charge on any atom is 0.184 e. The zero-order chi connectivity index (χ0) is 12.0. The summed E-state index contributed by atoms with van der Waals surface area (Å²) in [5.41, 5.74) is 0. The SMILES string of the molecule is [2H]COC[C@H]1OC(O)[C@@H](OC[2H])[C@@H]1OC[2H]. The van der Waals surface area contributed by atoms with Crippen molar-refractivity contribution >= 4 is 0 Å². The van der Waals surface area contributed by atoms with Crippen LogP contribution in [0.1, 0.15) is 4.11 Å².